The van der Waals surface area contributed by atoms with E-state index in [-0.39, 0.29) is 22.7 Å². The number of carbonyl (C=O) groups is 1. The number of aromatic carboxylic acids is 1. The number of benzene rings is 1. The van der Waals surface area contributed by atoms with Gasteiger partial charge < -0.3 is 15.8 Å². The summed E-state index contributed by atoms with van der Waals surface area (Å²) in [5.74, 6) is -0.784. The molecule has 1 unspecified atom stereocenters. The lowest BCUT2D eigenvalue weighted by Crippen LogP contribution is -2.17. The van der Waals surface area contributed by atoms with Crippen molar-refractivity contribution < 1.29 is 23.1 Å². The van der Waals surface area contributed by atoms with Gasteiger partial charge in [0.25, 0.3) is 0 Å². The summed E-state index contributed by atoms with van der Waals surface area (Å²) < 4.78 is 40.5. The minimum atomic E-state index is -4.51. The van der Waals surface area contributed by atoms with Gasteiger partial charge in [-0.25, -0.2) is 4.79 Å². The molecule has 0 saturated heterocycles. The van der Waals surface area contributed by atoms with Crippen molar-refractivity contribution in [1.29, 1.82) is 0 Å². The first kappa shape index (κ1) is 19.8. The van der Waals surface area contributed by atoms with Gasteiger partial charge in [0.05, 0.1) is 22.5 Å². The summed E-state index contributed by atoms with van der Waals surface area (Å²) in [6.07, 6.45) is 0.0748. The van der Waals surface area contributed by atoms with E-state index in [2.05, 4.69) is 9.97 Å². The number of H-pyrrole nitrogens is 1. The van der Waals surface area contributed by atoms with Gasteiger partial charge in [0, 0.05) is 29.1 Å². The zero-order chi connectivity index (χ0) is 21.9. The molecule has 4 N–H and O–H groups in total. The number of hydrogen-bond donors (Lipinski definition) is 3. The maximum Gasteiger partial charge on any atom is 0.417 e. The zero-order valence-electron chi connectivity index (χ0n) is 16.5. The number of carboxylic acid groups (broad SMARTS) is 1. The van der Waals surface area contributed by atoms with E-state index >= 15 is 0 Å². The topological polar surface area (TPSA) is 92.0 Å². The lowest BCUT2D eigenvalue weighted by Gasteiger charge is -2.19. The number of nitrogens with two attached hydrogens (primary N) is 1. The van der Waals surface area contributed by atoms with Crippen molar-refractivity contribution in [2.45, 2.75) is 37.9 Å². The first-order chi connectivity index (χ1) is 14.8. The Hall–Kier alpha value is -3.13. The fourth-order valence-electron chi connectivity index (χ4n) is 4.50. The van der Waals surface area contributed by atoms with Gasteiger partial charge in [0.15, 0.2) is 0 Å². The van der Waals surface area contributed by atoms with Crippen molar-refractivity contribution in [1.82, 2.24) is 9.97 Å². The van der Waals surface area contributed by atoms with Crippen LogP contribution in [-0.4, -0.2) is 21.0 Å². The molecule has 1 fully saturated rings. The number of aryl methyl sites for hydroxylation is 1. The Bertz CT molecular complexity index is 1200. The highest BCUT2D eigenvalue weighted by Crippen LogP contribution is 2.45. The third-order valence-corrected chi connectivity index (χ3v) is 6.22. The average molecular weight is 427 g/mol. The molecule has 3 aromatic rings. The molecule has 8 heteroatoms. The predicted molar refractivity (Wildman–Crippen MR) is 108 cm³/mol. The van der Waals surface area contributed by atoms with Crippen LogP contribution >= 0.6 is 0 Å². The van der Waals surface area contributed by atoms with E-state index in [1.807, 2.05) is 0 Å². The van der Waals surface area contributed by atoms with Gasteiger partial charge in [-0.05, 0) is 54.9 Å². The second-order valence-corrected chi connectivity index (χ2v) is 8.21. The van der Waals surface area contributed by atoms with Gasteiger partial charge in [-0.15, -0.1) is 0 Å². The Balaban J connectivity index is 1.67. The molecule has 2 aliphatic rings. The second kappa shape index (κ2) is 6.95. The average Bonchev–Trinajstić information content (AvgIpc) is 3.51. The molecule has 5 rings (SSSR count). The number of nitrogens with zero attached hydrogens (tertiary/aromatic N) is 1. The normalized spacial score (nSPS) is 16.5. The number of carboxylic acids is 1. The summed E-state index contributed by atoms with van der Waals surface area (Å²) >= 11 is 0. The molecule has 1 saturated carbocycles. The summed E-state index contributed by atoms with van der Waals surface area (Å²) in [5.41, 5.74) is 9.29. The molecule has 1 atom stereocenters. The van der Waals surface area contributed by atoms with Crippen LogP contribution in [0.4, 0.5) is 13.2 Å². The number of nitrogens with one attached hydrogen (secondary N) is 1. The first-order valence-electron chi connectivity index (χ1n) is 10.1. The predicted octanol–water partition coefficient (Wildman–Crippen LogP) is 4.97. The van der Waals surface area contributed by atoms with E-state index in [9.17, 15) is 23.1 Å². The Morgan fingerprint density at radius 1 is 1.19 bits per heavy atom. The standard InChI is InChI=1S/C23H20F3N3O2/c24-23(25,26)16-4-2-1-3-13(16)17-9-15-12(10-28-17)7-8-14-18(22(30)31)21(29-20(14)15)19(27)11-5-6-11/h1-4,9-11,19,29H,5-8,27H2,(H,30,31). The first-order valence-corrected chi connectivity index (χ1v) is 10.1. The number of fused-ring (bicyclic) bond motifs is 3. The molecule has 5 nitrogen and oxygen atoms in total. The summed E-state index contributed by atoms with van der Waals surface area (Å²) in [7, 11) is 0. The van der Waals surface area contributed by atoms with E-state index in [4.69, 9.17) is 5.73 Å². The van der Waals surface area contributed by atoms with Gasteiger partial charge in [0.2, 0.25) is 0 Å². The van der Waals surface area contributed by atoms with Gasteiger partial charge in [-0.2, -0.15) is 13.2 Å². The molecule has 0 aliphatic heterocycles. The highest BCUT2D eigenvalue weighted by atomic mass is 19.4. The smallest absolute Gasteiger partial charge is 0.417 e. The maximum atomic E-state index is 13.5. The van der Waals surface area contributed by atoms with Gasteiger partial charge in [0.1, 0.15) is 0 Å². The summed E-state index contributed by atoms with van der Waals surface area (Å²) in [4.78, 5) is 19.6. The van der Waals surface area contributed by atoms with Crippen LogP contribution in [-0.2, 0) is 19.0 Å². The van der Waals surface area contributed by atoms with Crippen LogP contribution in [0.5, 0.6) is 0 Å². The Morgan fingerprint density at radius 2 is 1.94 bits per heavy atom. The van der Waals surface area contributed by atoms with Gasteiger partial charge in [-0.3, -0.25) is 4.98 Å². The Kier molecular flexibility index (Phi) is 4.44. The van der Waals surface area contributed by atoms with Crippen molar-refractivity contribution in [2.24, 2.45) is 11.7 Å². The number of pyridine rings is 1. The van der Waals surface area contributed by atoms with Crippen molar-refractivity contribution in [2.75, 3.05) is 0 Å². The SMILES string of the molecule is NC(c1[nH]c2c(c1C(=O)O)CCc1cnc(-c3ccccc3C(F)(F)F)cc1-2)C1CC1. The van der Waals surface area contributed by atoms with Crippen LogP contribution in [0, 0.1) is 5.92 Å². The molecule has 2 heterocycles. The number of halogens is 3. The van der Waals surface area contributed by atoms with E-state index in [1.165, 1.54) is 12.1 Å². The third kappa shape index (κ3) is 3.31. The van der Waals surface area contributed by atoms with Gasteiger partial charge in [-0.1, -0.05) is 18.2 Å². The largest absolute Gasteiger partial charge is 0.478 e. The van der Waals surface area contributed by atoms with Crippen molar-refractivity contribution in [3.8, 4) is 22.5 Å². The lowest BCUT2D eigenvalue weighted by atomic mass is 9.88. The third-order valence-electron chi connectivity index (χ3n) is 6.22. The fraction of sp³-hybridized carbons (Fsp3) is 0.304. The van der Waals surface area contributed by atoms with Crippen LogP contribution in [0.25, 0.3) is 22.5 Å². The number of hydrogen-bond acceptors (Lipinski definition) is 3. The van der Waals surface area contributed by atoms with E-state index < -0.39 is 23.8 Å². The molecular formula is C23H20F3N3O2. The quantitative estimate of drug-likeness (QED) is 0.548. The summed E-state index contributed by atoms with van der Waals surface area (Å²) in [5, 5.41) is 9.86. The molecule has 0 amide bonds. The number of alkyl halides is 3. The van der Waals surface area contributed by atoms with Crippen LogP contribution in [0.2, 0.25) is 0 Å². The molecular weight excluding hydrogens is 407 g/mol. The molecule has 2 aliphatic carbocycles. The summed E-state index contributed by atoms with van der Waals surface area (Å²) in [6, 6.07) is 6.54. The Morgan fingerprint density at radius 3 is 2.61 bits per heavy atom. The monoisotopic (exact) mass is 427 g/mol. The van der Waals surface area contributed by atoms with Crippen LogP contribution in [0.15, 0.2) is 36.5 Å². The van der Waals surface area contributed by atoms with E-state index in [1.54, 1.807) is 18.3 Å². The lowest BCUT2D eigenvalue weighted by molar-refractivity contribution is -0.137. The van der Waals surface area contributed by atoms with Crippen molar-refractivity contribution in [3.63, 3.8) is 0 Å². The zero-order valence-corrected chi connectivity index (χ0v) is 16.5. The highest BCUT2D eigenvalue weighted by molar-refractivity contribution is 5.95. The number of aromatic amines is 1. The number of aromatic nitrogens is 2. The highest BCUT2D eigenvalue weighted by Gasteiger charge is 2.37. The van der Waals surface area contributed by atoms with Crippen LogP contribution < -0.4 is 5.73 Å². The number of rotatable bonds is 4. The minimum absolute atomic E-state index is 0.00940. The molecule has 2 aromatic heterocycles. The molecule has 0 radical (unpaired) electrons. The second-order valence-electron chi connectivity index (χ2n) is 8.21. The van der Waals surface area contributed by atoms with Crippen LogP contribution in [0.1, 0.15) is 51.6 Å². The van der Waals surface area contributed by atoms with Crippen molar-refractivity contribution in [3.05, 3.63) is 64.5 Å². The fourth-order valence-corrected chi connectivity index (χ4v) is 4.50. The molecule has 0 bridgehead atoms. The molecule has 1 aromatic carbocycles. The maximum absolute atomic E-state index is 13.5. The van der Waals surface area contributed by atoms with Crippen molar-refractivity contribution >= 4 is 5.97 Å². The molecule has 160 valence electrons. The van der Waals surface area contributed by atoms with E-state index in [0.717, 1.165) is 24.5 Å². The summed E-state index contributed by atoms with van der Waals surface area (Å²) in [6.45, 7) is 0. The van der Waals surface area contributed by atoms with Gasteiger partial charge >= 0.3 is 12.1 Å². The minimum Gasteiger partial charge on any atom is -0.478 e. The molecule has 0 spiro atoms. The molecule has 31 heavy (non-hydrogen) atoms. The van der Waals surface area contributed by atoms with E-state index in [0.29, 0.717) is 35.4 Å². The Labute approximate surface area is 176 Å². The van der Waals surface area contributed by atoms with Crippen LogP contribution in [0.3, 0.4) is 0 Å².